The van der Waals surface area contributed by atoms with Crippen LogP contribution in [0.25, 0.3) is 0 Å². The van der Waals surface area contributed by atoms with Gasteiger partial charge in [-0.3, -0.25) is 4.79 Å². The predicted octanol–water partition coefficient (Wildman–Crippen LogP) is 3.14. The molecule has 120 valence electrons. The topological polar surface area (TPSA) is 23.6 Å². The fourth-order valence-electron chi connectivity index (χ4n) is 3.03. The molecule has 1 heterocycles. The molecule has 1 amide bonds. The van der Waals surface area contributed by atoms with Crippen molar-refractivity contribution in [3.8, 4) is 0 Å². The zero-order valence-corrected chi connectivity index (χ0v) is 13.7. The number of hydrogen-bond acceptors (Lipinski definition) is 2. The fraction of sp³-hybridized carbons (Fsp3) is 0.350. The van der Waals surface area contributed by atoms with Crippen LogP contribution in [0.2, 0.25) is 0 Å². The molecule has 1 saturated heterocycles. The third-order valence-electron chi connectivity index (χ3n) is 4.54. The number of rotatable bonds is 4. The Kier molecular flexibility index (Phi) is 4.96. The molecule has 3 nitrogen and oxygen atoms in total. The van der Waals surface area contributed by atoms with Crippen LogP contribution in [0, 0.1) is 0 Å². The summed E-state index contributed by atoms with van der Waals surface area (Å²) in [5.74, 6) is 0.238. The van der Waals surface area contributed by atoms with E-state index in [1.54, 1.807) is 0 Å². The second kappa shape index (κ2) is 7.32. The van der Waals surface area contributed by atoms with Crippen LogP contribution in [0.4, 0.5) is 5.69 Å². The molecule has 0 aromatic heterocycles. The Hall–Kier alpha value is -2.29. The summed E-state index contributed by atoms with van der Waals surface area (Å²) in [5.41, 5.74) is 3.67. The molecule has 2 aromatic rings. The van der Waals surface area contributed by atoms with Gasteiger partial charge in [0.25, 0.3) is 0 Å². The van der Waals surface area contributed by atoms with Crippen molar-refractivity contribution < 1.29 is 4.79 Å². The first kappa shape index (κ1) is 15.6. The molecule has 2 aromatic carbocycles. The number of benzene rings is 2. The fourth-order valence-corrected chi connectivity index (χ4v) is 3.03. The zero-order valence-electron chi connectivity index (χ0n) is 13.7. The Morgan fingerprint density at radius 1 is 0.870 bits per heavy atom. The molecule has 0 bridgehead atoms. The first-order valence-corrected chi connectivity index (χ1v) is 8.42. The van der Waals surface area contributed by atoms with Crippen LogP contribution in [0.1, 0.15) is 18.1 Å². The second-order valence-electron chi connectivity index (χ2n) is 6.05. The number of amides is 1. The van der Waals surface area contributed by atoms with Crippen LogP contribution in [0.15, 0.2) is 54.6 Å². The lowest BCUT2D eigenvalue weighted by Crippen LogP contribution is -2.49. The van der Waals surface area contributed by atoms with Gasteiger partial charge in [0.1, 0.15) is 0 Å². The van der Waals surface area contributed by atoms with E-state index in [2.05, 4.69) is 60.4 Å². The van der Waals surface area contributed by atoms with Crippen LogP contribution < -0.4 is 4.90 Å². The van der Waals surface area contributed by atoms with Gasteiger partial charge in [0.2, 0.25) is 5.91 Å². The molecule has 23 heavy (non-hydrogen) atoms. The number of carbonyl (C=O) groups is 1. The van der Waals surface area contributed by atoms with E-state index in [9.17, 15) is 4.79 Å². The van der Waals surface area contributed by atoms with Crippen LogP contribution >= 0.6 is 0 Å². The average molecular weight is 308 g/mol. The van der Waals surface area contributed by atoms with E-state index < -0.39 is 0 Å². The maximum absolute atomic E-state index is 12.5. The maximum Gasteiger partial charge on any atom is 0.227 e. The smallest absolute Gasteiger partial charge is 0.227 e. The minimum Gasteiger partial charge on any atom is -0.368 e. The lowest BCUT2D eigenvalue weighted by molar-refractivity contribution is -0.130. The Bertz CT molecular complexity index is 628. The highest BCUT2D eigenvalue weighted by Crippen LogP contribution is 2.16. The molecule has 1 aliphatic rings. The minimum absolute atomic E-state index is 0.238. The molecule has 1 fully saturated rings. The summed E-state index contributed by atoms with van der Waals surface area (Å²) in [6, 6.07) is 18.8. The number of carbonyl (C=O) groups excluding carboxylic acids is 1. The number of para-hydroxylation sites is 1. The second-order valence-corrected chi connectivity index (χ2v) is 6.05. The first-order valence-electron chi connectivity index (χ1n) is 8.42. The van der Waals surface area contributed by atoms with Gasteiger partial charge < -0.3 is 9.80 Å². The van der Waals surface area contributed by atoms with Crippen LogP contribution in [0.5, 0.6) is 0 Å². The van der Waals surface area contributed by atoms with Gasteiger partial charge in [-0.05, 0) is 29.7 Å². The van der Waals surface area contributed by atoms with E-state index in [1.165, 1.54) is 11.3 Å². The molecule has 3 heteroatoms. The number of anilines is 1. The molecular formula is C20H24N2O. The van der Waals surface area contributed by atoms with E-state index in [-0.39, 0.29) is 5.91 Å². The highest BCUT2D eigenvalue weighted by atomic mass is 16.2. The van der Waals surface area contributed by atoms with Gasteiger partial charge in [-0.25, -0.2) is 0 Å². The number of aryl methyl sites for hydroxylation is 1. The van der Waals surface area contributed by atoms with Gasteiger partial charge in [-0.15, -0.1) is 0 Å². The average Bonchev–Trinajstić information content (AvgIpc) is 2.63. The largest absolute Gasteiger partial charge is 0.368 e. The van der Waals surface area contributed by atoms with E-state index in [4.69, 9.17) is 0 Å². The molecule has 0 unspecified atom stereocenters. The van der Waals surface area contributed by atoms with E-state index in [0.29, 0.717) is 6.42 Å². The SMILES string of the molecule is CCc1ccc(CC(=O)N2CCN(c3ccccc3)CC2)cc1. The Labute approximate surface area is 138 Å². The molecule has 0 spiro atoms. The summed E-state index contributed by atoms with van der Waals surface area (Å²) in [6.07, 6.45) is 1.55. The number of piperazine rings is 1. The molecule has 3 rings (SSSR count). The summed E-state index contributed by atoms with van der Waals surface area (Å²) in [6.45, 7) is 5.57. The monoisotopic (exact) mass is 308 g/mol. The van der Waals surface area contributed by atoms with Crippen molar-refractivity contribution in [3.63, 3.8) is 0 Å². The highest BCUT2D eigenvalue weighted by Gasteiger charge is 2.21. The quantitative estimate of drug-likeness (QED) is 0.866. The first-order chi connectivity index (χ1) is 11.3. The van der Waals surface area contributed by atoms with Gasteiger partial charge in [-0.1, -0.05) is 49.4 Å². The lowest BCUT2D eigenvalue weighted by Gasteiger charge is -2.36. The Balaban J connectivity index is 1.53. The van der Waals surface area contributed by atoms with Crippen molar-refractivity contribution in [2.75, 3.05) is 31.1 Å². The summed E-state index contributed by atoms with van der Waals surface area (Å²) >= 11 is 0. The van der Waals surface area contributed by atoms with Crippen molar-refractivity contribution in [1.82, 2.24) is 4.90 Å². The molecule has 0 saturated carbocycles. The summed E-state index contributed by atoms with van der Waals surface area (Å²) < 4.78 is 0. The molecule has 0 radical (unpaired) electrons. The summed E-state index contributed by atoms with van der Waals surface area (Å²) in [5, 5.41) is 0. The van der Waals surface area contributed by atoms with E-state index in [1.807, 2.05) is 11.0 Å². The number of nitrogens with zero attached hydrogens (tertiary/aromatic N) is 2. The van der Waals surface area contributed by atoms with Gasteiger partial charge >= 0.3 is 0 Å². The molecule has 0 aliphatic carbocycles. The van der Waals surface area contributed by atoms with Crippen molar-refractivity contribution in [2.24, 2.45) is 0 Å². The Morgan fingerprint density at radius 3 is 2.09 bits per heavy atom. The van der Waals surface area contributed by atoms with E-state index >= 15 is 0 Å². The number of hydrogen-bond donors (Lipinski definition) is 0. The van der Waals surface area contributed by atoms with Gasteiger partial charge in [-0.2, -0.15) is 0 Å². The molecular weight excluding hydrogens is 284 g/mol. The zero-order chi connectivity index (χ0) is 16.1. The molecule has 1 aliphatic heterocycles. The van der Waals surface area contributed by atoms with Gasteiger partial charge in [0.05, 0.1) is 6.42 Å². The molecule has 0 N–H and O–H groups in total. The van der Waals surface area contributed by atoms with Crippen molar-refractivity contribution in [1.29, 1.82) is 0 Å². The van der Waals surface area contributed by atoms with Crippen LogP contribution in [-0.2, 0) is 17.6 Å². The standard InChI is InChI=1S/C20H24N2O/c1-2-17-8-10-18(11-9-17)16-20(23)22-14-12-21(13-15-22)19-6-4-3-5-7-19/h3-11H,2,12-16H2,1H3. The van der Waals surface area contributed by atoms with Crippen LogP contribution in [-0.4, -0.2) is 37.0 Å². The highest BCUT2D eigenvalue weighted by molar-refractivity contribution is 5.79. The summed E-state index contributed by atoms with van der Waals surface area (Å²) in [4.78, 5) is 16.8. The van der Waals surface area contributed by atoms with Crippen LogP contribution in [0.3, 0.4) is 0 Å². The normalized spacial score (nSPS) is 14.8. The minimum atomic E-state index is 0.238. The van der Waals surface area contributed by atoms with Crippen molar-refractivity contribution >= 4 is 11.6 Å². The Morgan fingerprint density at radius 2 is 1.48 bits per heavy atom. The van der Waals surface area contributed by atoms with E-state index in [0.717, 1.165) is 38.2 Å². The third kappa shape index (κ3) is 3.92. The van der Waals surface area contributed by atoms with Crippen molar-refractivity contribution in [2.45, 2.75) is 19.8 Å². The predicted molar refractivity (Wildman–Crippen MR) is 94.8 cm³/mol. The van der Waals surface area contributed by atoms with Gasteiger partial charge in [0, 0.05) is 31.9 Å². The van der Waals surface area contributed by atoms with Gasteiger partial charge in [0.15, 0.2) is 0 Å². The maximum atomic E-state index is 12.5. The summed E-state index contributed by atoms with van der Waals surface area (Å²) in [7, 11) is 0. The third-order valence-corrected chi connectivity index (χ3v) is 4.54. The lowest BCUT2D eigenvalue weighted by atomic mass is 10.1. The molecule has 0 atom stereocenters. The van der Waals surface area contributed by atoms with Crippen molar-refractivity contribution in [3.05, 3.63) is 65.7 Å².